The van der Waals surface area contributed by atoms with Crippen molar-refractivity contribution in [1.82, 2.24) is 14.3 Å². The van der Waals surface area contributed by atoms with Gasteiger partial charge in [0, 0.05) is 35.0 Å². The number of benzene rings is 2. The summed E-state index contributed by atoms with van der Waals surface area (Å²) < 4.78 is 81.3. The summed E-state index contributed by atoms with van der Waals surface area (Å²) in [7, 11) is -1.33. The van der Waals surface area contributed by atoms with Crippen molar-refractivity contribution in [1.29, 1.82) is 5.26 Å². The summed E-state index contributed by atoms with van der Waals surface area (Å²) in [4.78, 5) is 33.2. The van der Waals surface area contributed by atoms with Crippen LogP contribution < -0.4 is 5.56 Å². The minimum Gasteiger partial charge on any atom is -0.333 e. The van der Waals surface area contributed by atoms with Gasteiger partial charge >= 0.3 is 6.18 Å². The van der Waals surface area contributed by atoms with Gasteiger partial charge in [0.15, 0.2) is 0 Å². The minimum absolute atomic E-state index is 0.00986. The largest absolute Gasteiger partial charge is 0.419 e. The van der Waals surface area contributed by atoms with Crippen LogP contribution >= 0.6 is 0 Å². The first-order chi connectivity index (χ1) is 20.3. The fourth-order valence-electron chi connectivity index (χ4n) is 4.62. The van der Waals surface area contributed by atoms with Crippen LogP contribution in [0.3, 0.4) is 0 Å². The van der Waals surface area contributed by atoms with Crippen LogP contribution in [0.5, 0.6) is 0 Å². The molecule has 0 aliphatic rings. The zero-order valence-electron chi connectivity index (χ0n) is 23.0. The molecule has 0 radical (unpaired) electrons. The van der Waals surface area contributed by atoms with Gasteiger partial charge in [0.25, 0.3) is 5.56 Å². The van der Waals surface area contributed by atoms with E-state index in [0.717, 1.165) is 22.7 Å². The Morgan fingerprint density at radius 2 is 1.81 bits per heavy atom. The Labute approximate surface area is 245 Å². The van der Waals surface area contributed by atoms with Gasteiger partial charge in [-0.25, -0.2) is 13.8 Å². The number of pyridine rings is 1. The number of halogens is 5. The predicted molar refractivity (Wildman–Crippen MR) is 150 cm³/mol. The summed E-state index contributed by atoms with van der Waals surface area (Å²) in [5.74, 6) is -2.52. The van der Waals surface area contributed by atoms with Gasteiger partial charge in [-0.15, -0.1) is 0 Å². The molecule has 0 spiro atoms. The second-order valence-electron chi connectivity index (χ2n) is 9.63. The van der Waals surface area contributed by atoms with Gasteiger partial charge in [0.1, 0.15) is 17.3 Å². The molecule has 4 rings (SSSR count). The van der Waals surface area contributed by atoms with Crippen LogP contribution in [0, 0.1) is 23.0 Å². The Balaban J connectivity index is 1.84. The molecule has 7 nitrogen and oxygen atoms in total. The number of amides is 1. The number of hydrogen-bond donors (Lipinski definition) is 0. The third-order valence-electron chi connectivity index (χ3n) is 6.87. The zero-order valence-corrected chi connectivity index (χ0v) is 23.8. The lowest BCUT2D eigenvalue weighted by molar-refractivity contribution is -0.140. The van der Waals surface area contributed by atoms with Crippen LogP contribution in [0.1, 0.15) is 42.3 Å². The van der Waals surface area contributed by atoms with Crippen LogP contribution in [-0.4, -0.2) is 42.5 Å². The maximum absolute atomic E-state index is 14.1. The van der Waals surface area contributed by atoms with Crippen LogP contribution in [0.4, 0.5) is 22.0 Å². The number of carbonyl (C=O) groups excluding carboxylic acids is 1. The van der Waals surface area contributed by atoms with Crippen molar-refractivity contribution in [2.75, 3.05) is 18.1 Å². The van der Waals surface area contributed by atoms with E-state index in [1.54, 1.807) is 13.8 Å². The Hall–Kier alpha value is -4.44. The number of nitriles is 1. The summed E-state index contributed by atoms with van der Waals surface area (Å²) >= 11 is 0. The first-order valence-electron chi connectivity index (χ1n) is 13.1. The molecule has 2 atom stereocenters. The number of carbonyl (C=O) groups is 1. The molecule has 2 aromatic carbocycles. The van der Waals surface area contributed by atoms with E-state index in [1.807, 2.05) is 6.07 Å². The van der Waals surface area contributed by atoms with E-state index in [-0.39, 0.29) is 34.8 Å². The summed E-state index contributed by atoms with van der Waals surface area (Å²) in [5, 5.41) is 9.20. The molecule has 0 saturated carbocycles. The molecule has 2 aromatic heterocycles. The average molecular weight is 617 g/mol. The third kappa shape index (κ3) is 6.97. The van der Waals surface area contributed by atoms with Crippen molar-refractivity contribution >= 4 is 22.4 Å². The Morgan fingerprint density at radius 3 is 2.44 bits per heavy atom. The van der Waals surface area contributed by atoms with Crippen LogP contribution in [0.25, 0.3) is 16.8 Å². The highest BCUT2D eigenvalue weighted by atomic mass is 32.2. The molecule has 4 aromatic rings. The molecular formula is C30H25F5N4O3S. The second-order valence-corrected chi connectivity index (χ2v) is 11.5. The molecule has 0 fully saturated rings. The first kappa shape index (κ1) is 31.5. The highest BCUT2D eigenvalue weighted by Crippen LogP contribution is 2.33. The van der Waals surface area contributed by atoms with E-state index >= 15 is 0 Å². The van der Waals surface area contributed by atoms with Crippen molar-refractivity contribution in [2.45, 2.75) is 32.5 Å². The number of alkyl halides is 3. The number of aromatic nitrogens is 2. The summed E-state index contributed by atoms with van der Waals surface area (Å²) in [5.41, 5.74) is -1.43. The number of rotatable bonds is 9. The van der Waals surface area contributed by atoms with Crippen LogP contribution in [0.2, 0.25) is 0 Å². The number of hydrogen-bond acceptors (Lipinski definition) is 5. The number of nitrogens with zero attached hydrogens (tertiary/aromatic N) is 4. The highest BCUT2D eigenvalue weighted by molar-refractivity contribution is 7.84. The molecule has 2 unspecified atom stereocenters. The smallest absolute Gasteiger partial charge is 0.333 e. The van der Waals surface area contributed by atoms with E-state index in [2.05, 4.69) is 4.98 Å². The highest BCUT2D eigenvalue weighted by Gasteiger charge is 2.35. The van der Waals surface area contributed by atoms with Gasteiger partial charge in [0.2, 0.25) is 5.91 Å². The maximum atomic E-state index is 14.1. The van der Waals surface area contributed by atoms with E-state index in [1.165, 1.54) is 35.2 Å². The Bertz CT molecular complexity index is 1800. The average Bonchev–Trinajstić information content (AvgIpc) is 2.97. The summed E-state index contributed by atoms with van der Waals surface area (Å²) in [6, 6.07) is 11.6. The zero-order chi connectivity index (χ0) is 31.5. The van der Waals surface area contributed by atoms with Gasteiger partial charge in [0.05, 0.1) is 40.9 Å². The minimum atomic E-state index is -4.97. The molecule has 43 heavy (non-hydrogen) atoms. The van der Waals surface area contributed by atoms with Gasteiger partial charge in [-0.1, -0.05) is 25.1 Å². The molecule has 0 bridgehead atoms. The first-order valence-corrected chi connectivity index (χ1v) is 14.5. The molecule has 1 amide bonds. The third-order valence-corrected chi connectivity index (χ3v) is 8.16. The quantitative estimate of drug-likeness (QED) is 0.234. The van der Waals surface area contributed by atoms with Crippen molar-refractivity contribution in [3.63, 3.8) is 0 Å². The Kier molecular flexibility index (Phi) is 9.40. The van der Waals surface area contributed by atoms with E-state index < -0.39 is 58.1 Å². The normalized spacial score (nSPS) is 13.0. The number of fused-ring (bicyclic) bond motifs is 1. The molecule has 0 aliphatic carbocycles. The SMILES string of the molecule is CCS(=O)CCN(C(=O)Cc1ccc(F)c(C(F)(F)F)c1)C(C)c1nc2ccc(F)cn2c(=O)c1-c1ccc(C#N)cc1. The van der Waals surface area contributed by atoms with E-state index in [9.17, 15) is 41.0 Å². The van der Waals surface area contributed by atoms with Gasteiger partial charge in [-0.05, 0) is 54.4 Å². The van der Waals surface area contributed by atoms with Crippen LogP contribution in [0.15, 0.2) is 65.6 Å². The van der Waals surface area contributed by atoms with Crippen molar-refractivity contribution in [3.05, 3.63) is 105 Å². The molecule has 0 N–H and O–H groups in total. The molecule has 0 aliphatic heterocycles. The standard InChI is InChI=1S/C30H25F5N4O3S/c1-3-43(42)13-12-38(26(40)15-20-6-10-24(32)23(14-20)30(33,34)35)18(2)28-27(21-7-4-19(16-36)5-8-21)29(41)39-17-22(31)9-11-25(39)37-28/h4-11,14,17-18H,3,12-13,15H2,1-2H3. The molecule has 2 heterocycles. The maximum Gasteiger partial charge on any atom is 0.419 e. The summed E-state index contributed by atoms with van der Waals surface area (Å²) in [6.07, 6.45) is -4.55. The van der Waals surface area contributed by atoms with E-state index in [0.29, 0.717) is 29.0 Å². The van der Waals surface area contributed by atoms with Crippen molar-refractivity contribution < 1.29 is 31.0 Å². The molecule has 0 saturated heterocycles. The predicted octanol–water partition coefficient (Wildman–Crippen LogP) is 5.43. The van der Waals surface area contributed by atoms with Crippen molar-refractivity contribution in [2.24, 2.45) is 0 Å². The van der Waals surface area contributed by atoms with Gasteiger partial charge < -0.3 is 4.90 Å². The lowest BCUT2D eigenvalue weighted by Gasteiger charge is -2.30. The van der Waals surface area contributed by atoms with Gasteiger partial charge in [-0.3, -0.25) is 18.2 Å². The fourth-order valence-corrected chi connectivity index (χ4v) is 5.31. The van der Waals surface area contributed by atoms with Gasteiger partial charge in [-0.2, -0.15) is 18.4 Å². The van der Waals surface area contributed by atoms with E-state index in [4.69, 9.17) is 0 Å². The second kappa shape index (κ2) is 12.8. The molecule has 224 valence electrons. The lowest BCUT2D eigenvalue weighted by atomic mass is 9.99. The Morgan fingerprint density at radius 1 is 1.12 bits per heavy atom. The summed E-state index contributed by atoms with van der Waals surface area (Å²) in [6.45, 7) is 3.16. The lowest BCUT2D eigenvalue weighted by Crippen LogP contribution is -2.39. The molecule has 13 heteroatoms. The topological polar surface area (TPSA) is 95.5 Å². The monoisotopic (exact) mass is 616 g/mol. The molecular weight excluding hydrogens is 591 g/mol. The van der Waals surface area contributed by atoms with Crippen LogP contribution in [-0.2, 0) is 28.2 Å². The fraction of sp³-hybridized carbons (Fsp3) is 0.267. The van der Waals surface area contributed by atoms with Crippen molar-refractivity contribution in [3.8, 4) is 17.2 Å².